The maximum absolute atomic E-state index is 12.6. The summed E-state index contributed by atoms with van der Waals surface area (Å²) in [5.41, 5.74) is 4.33. The van der Waals surface area contributed by atoms with E-state index >= 15 is 0 Å². The molecule has 2 aromatic rings. The summed E-state index contributed by atoms with van der Waals surface area (Å²) in [4.78, 5) is 12.6. The van der Waals surface area contributed by atoms with E-state index in [0.29, 0.717) is 17.2 Å². The zero-order valence-electron chi connectivity index (χ0n) is 21.1. The molecule has 0 radical (unpaired) electrons. The molecule has 1 aliphatic rings. The van der Waals surface area contributed by atoms with Crippen molar-refractivity contribution in [3.05, 3.63) is 89.7 Å². The average Bonchev–Trinajstić information content (AvgIpc) is 3.08. The third kappa shape index (κ3) is 10.1. The monoisotopic (exact) mass is 514 g/mol. The Morgan fingerprint density at radius 1 is 1.16 bits per heavy atom. The summed E-state index contributed by atoms with van der Waals surface area (Å²) in [5.74, 6) is -0.360. The molecule has 2 N–H and O–H groups in total. The SMILES string of the molecule is C.CC.CCC1CC=C(C(=N)C(=O)/C=C\Nc2ccc(OC(F)(F)F)cc2)C=C(c2cccc(C)c2)C1. The summed E-state index contributed by atoms with van der Waals surface area (Å²) < 4.78 is 40.6. The predicted octanol–water partition coefficient (Wildman–Crippen LogP) is 8.90. The van der Waals surface area contributed by atoms with Gasteiger partial charge in [0.15, 0.2) is 0 Å². The number of ketones is 1. The first-order valence-corrected chi connectivity index (χ1v) is 12.0. The third-order valence-corrected chi connectivity index (χ3v) is 5.58. The van der Waals surface area contributed by atoms with Crippen LogP contribution in [-0.4, -0.2) is 17.9 Å². The maximum Gasteiger partial charge on any atom is 0.573 e. The number of rotatable bonds is 8. The van der Waals surface area contributed by atoms with Gasteiger partial charge in [0.1, 0.15) is 11.5 Å². The highest BCUT2D eigenvalue weighted by Crippen LogP contribution is 2.32. The van der Waals surface area contributed by atoms with Crippen LogP contribution in [0.2, 0.25) is 0 Å². The number of anilines is 1. The van der Waals surface area contributed by atoms with Gasteiger partial charge in [0, 0.05) is 18.0 Å². The fourth-order valence-corrected chi connectivity index (χ4v) is 3.72. The zero-order valence-corrected chi connectivity index (χ0v) is 21.1. The molecule has 0 amide bonds. The first-order chi connectivity index (χ1) is 17.1. The summed E-state index contributed by atoms with van der Waals surface area (Å²) in [5, 5.41) is 11.3. The van der Waals surface area contributed by atoms with Gasteiger partial charge in [0.2, 0.25) is 5.78 Å². The largest absolute Gasteiger partial charge is 0.573 e. The molecule has 0 aromatic heterocycles. The maximum atomic E-state index is 12.6. The number of carbonyl (C=O) groups is 1. The number of benzene rings is 2. The van der Waals surface area contributed by atoms with Crippen molar-refractivity contribution in [2.45, 2.75) is 60.7 Å². The molecule has 3 rings (SSSR count). The van der Waals surface area contributed by atoms with E-state index in [1.807, 2.05) is 45.1 Å². The molecule has 0 bridgehead atoms. The van der Waals surface area contributed by atoms with Crippen LogP contribution < -0.4 is 10.1 Å². The van der Waals surface area contributed by atoms with Crippen LogP contribution in [0.5, 0.6) is 5.75 Å². The molecular formula is C30H37F3N2O2. The van der Waals surface area contributed by atoms with Crippen molar-refractivity contribution in [1.29, 1.82) is 5.41 Å². The standard InChI is InChI=1S/C27H27F3N2O2.C2H6.CH4/c1-3-19-7-8-21(17-22(16-19)20-6-4-5-18(2)15-20)26(31)25(33)13-14-32-23-9-11-24(12-10-23)34-27(28,29)30;1-2;/h4-6,8-15,17,19,31-32H,3,7,16H2,1-2H3;1-2H3;1H4/b14-13-,31-26?;;. The van der Waals surface area contributed by atoms with E-state index in [4.69, 9.17) is 5.41 Å². The van der Waals surface area contributed by atoms with Crippen LogP contribution >= 0.6 is 0 Å². The topological polar surface area (TPSA) is 62.2 Å². The molecule has 200 valence electrons. The van der Waals surface area contributed by atoms with Gasteiger partial charge in [-0.3, -0.25) is 10.2 Å². The molecule has 37 heavy (non-hydrogen) atoms. The molecular weight excluding hydrogens is 477 g/mol. The molecule has 0 heterocycles. The van der Waals surface area contributed by atoms with Gasteiger partial charge in [0.05, 0.1) is 0 Å². The normalized spacial score (nSPS) is 15.3. The van der Waals surface area contributed by atoms with Crippen molar-refractivity contribution in [3.8, 4) is 5.75 Å². The number of hydrogen-bond acceptors (Lipinski definition) is 4. The fraction of sp³-hybridized carbons (Fsp3) is 0.333. The van der Waals surface area contributed by atoms with Gasteiger partial charge in [-0.1, -0.05) is 70.5 Å². The Labute approximate surface area is 218 Å². The van der Waals surface area contributed by atoms with Crippen molar-refractivity contribution in [1.82, 2.24) is 0 Å². The Hall–Kier alpha value is -3.61. The Morgan fingerprint density at radius 3 is 2.43 bits per heavy atom. The molecule has 1 aliphatic carbocycles. The van der Waals surface area contributed by atoms with Gasteiger partial charge in [-0.15, -0.1) is 13.2 Å². The summed E-state index contributed by atoms with van der Waals surface area (Å²) in [7, 11) is 0. The molecule has 0 aliphatic heterocycles. The van der Waals surface area contributed by atoms with Gasteiger partial charge in [-0.2, -0.15) is 0 Å². The van der Waals surface area contributed by atoms with Crippen molar-refractivity contribution in [3.63, 3.8) is 0 Å². The lowest BCUT2D eigenvalue weighted by Crippen LogP contribution is -2.16. The number of nitrogens with one attached hydrogen (secondary N) is 2. The Morgan fingerprint density at radius 2 is 1.84 bits per heavy atom. The van der Waals surface area contributed by atoms with E-state index in [0.717, 1.165) is 36.0 Å². The molecule has 1 unspecified atom stereocenters. The molecule has 7 heteroatoms. The molecule has 1 atom stereocenters. The Bertz CT molecular complexity index is 1130. The number of carbonyl (C=O) groups excluding carboxylic acids is 1. The van der Waals surface area contributed by atoms with Crippen LogP contribution in [-0.2, 0) is 4.79 Å². The van der Waals surface area contributed by atoms with Crippen LogP contribution in [0, 0.1) is 18.3 Å². The fourth-order valence-electron chi connectivity index (χ4n) is 3.72. The number of allylic oxidation sites excluding steroid dienone is 5. The van der Waals surface area contributed by atoms with Gasteiger partial charge in [0.25, 0.3) is 0 Å². The smallest absolute Gasteiger partial charge is 0.406 e. The average molecular weight is 515 g/mol. The van der Waals surface area contributed by atoms with Crippen LogP contribution in [0.15, 0.2) is 78.5 Å². The first kappa shape index (κ1) is 31.4. The van der Waals surface area contributed by atoms with Crippen molar-refractivity contribution >= 4 is 22.8 Å². The molecule has 2 aromatic carbocycles. The quantitative estimate of drug-likeness (QED) is 0.273. The number of halogens is 3. The summed E-state index contributed by atoms with van der Waals surface area (Å²) in [6.07, 6.45) is 4.43. The summed E-state index contributed by atoms with van der Waals surface area (Å²) in [6.45, 7) is 8.18. The van der Waals surface area contributed by atoms with E-state index < -0.39 is 12.1 Å². The van der Waals surface area contributed by atoms with Crippen LogP contribution in [0.3, 0.4) is 0 Å². The molecule has 0 saturated carbocycles. The minimum atomic E-state index is -4.75. The van der Waals surface area contributed by atoms with E-state index in [2.05, 4.69) is 29.1 Å². The highest BCUT2D eigenvalue weighted by atomic mass is 19.4. The van der Waals surface area contributed by atoms with Gasteiger partial charge < -0.3 is 10.1 Å². The Kier molecular flexibility index (Phi) is 12.6. The van der Waals surface area contributed by atoms with E-state index in [1.165, 1.54) is 36.5 Å². The Balaban J connectivity index is 0.00000223. The molecule has 0 fully saturated rings. The molecule has 0 spiro atoms. The lowest BCUT2D eigenvalue weighted by Gasteiger charge is -2.14. The molecule has 0 saturated heterocycles. The predicted molar refractivity (Wildman–Crippen MR) is 147 cm³/mol. The highest BCUT2D eigenvalue weighted by Gasteiger charge is 2.30. The summed E-state index contributed by atoms with van der Waals surface area (Å²) >= 11 is 0. The highest BCUT2D eigenvalue weighted by molar-refractivity contribution is 6.49. The second kappa shape index (κ2) is 14.8. The van der Waals surface area contributed by atoms with Crippen molar-refractivity contribution in [2.24, 2.45) is 5.92 Å². The minimum Gasteiger partial charge on any atom is -0.406 e. The third-order valence-electron chi connectivity index (χ3n) is 5.58. The lowest BCUT2D eigenvalue weighted by molar-refractivity contribution is -0.274. The number of alkyl halides is 3. The second-order valence-electron chi connectivity index (χ2n) is 8.20. The first-order valence-electron chi connectivity index (χ1n) is 12.0. The van der Waals surface area contributed by atoms with E-state index in [1.54, 1.807) is 0 Å². The second-order valence-corrected chi connectivity index (χ2v) is 8.20. The summed E-state index contributed by atoms with van der Waals surface area (Å²) in [6, 6.07) is 13.4. The van der Waals surface area contributed by atoms with E-state index in [-0.39, 0.29) is 18.9 Å². The zero-order chi connectivity index (χ0) is 26.7. The van der Waals surface area contributed by atoms with E-state index in [9.17, 15) is 18.0 Å². The van der Waals surface area contributed by atoms with Crippen LogP contribution in [0.1, 0.15) is 58.6 Å². The van der Waals surface area contributed by atoms with Crippen LogP contribution in [0.25, 0.3) is 5.57 Å². The van der Waals surface area contributed by atoms with Gasteiger partial charge in [-0.05, 0) is 72.7 Å². The van der Waals surface area contributed by atoms with Crippen LogP contribution in [0.4, 0.5) is 18.9 Å². The number of ether oxygens (including phenoxy) is 1. The van der Waals surface area contributed by atoms with Gasteiger partial charge >= 0.3 is 6.36 Å². The number of hydrogen-bond donors (Lipinski definition) is 2. The van der Waals surface area contributed by atoms with Crippen molar-refractivity contribution in [2.75, 3.05) is 5.32 Å². The van der Waals surface area contributed by atoms with Gasteiger partial charge in [-0.25, -0.2) is 0 Å². The van der Waals surface area contributed by atoms with Crippen molar-refractivity contribution < 1.29 is 22.7 Å². The lowest BCUT2D eigenvalue weighted by atomic mass is 9.91. The molecule has 4 nitrogen and oxygen atoms in total. The number of aryl methyl sites for hydroxylation is 1. The minimum absolute atomic E-state index is 0.